The van der Waals surface area contributed by atoms with Crippen molar-refractivity contribution < 1.29 is 13.9 Å². The lowest BCUT2D eigenvalue weighted by Crippen LogP contribution is -2.25. The Kier molecular flexibility index (Phi) is 5.11. The van der Waals surface area contributed by atoms with E-state index in [4.69, 9.17) is 15.2 Å². The molecule has 1 atom stereocenters. The van der Waals surface area contributed by atoms with E-state index in [0.29, 0.717) is 17.9 Å². The van der Waals surface area contributed by atoms with Gasteiger partial charge in [-0.25, -0.2) is 4.39 Å². The van der Waals surface area contributed by atoms with Crippen LogP contribution in [0.1, 0.15) is 38.8 Å². The van der Waals surface area contributed by atoms with E-state index in [2.05, 4.69) is 0 Å². The van der Waals surface area contributed by atoms with Gasteiger partial charge in [-0.05, 0) is 26.8 Å². The molecule has 0 aliphatic carbocycles. The molecule has 3 nitrogen and oxygen atoms in total. The summed E-state index contributed by atoms with van der Waals surface area (Å²) in [7, 11) is 1.66. The molecule has 1 rings (SSSR count). The highest BCUT2D eigenvalue weighted by Crippen LogP contribution is 2.21. The van der Waals surface area contributed by atoms with E-state index >= 15 is 0 Å². The Morgan fingerprint density at radius 3 is 2.56 bits per heavy atom. The van der Waals surface area contributed by atoms with E-state index < -0.39 is 0 Å². The van der Waals surface area contributed by atoms with Crippen LogP contribution in [-0.2, 0) is 4.74 Å². The van der Waals surface area contributed by atoms with E-state index in [1.165, 1.54) is 6.07 Å². The minimum absolute atomic E-state index is 0.232. The maximum atomic E-state index is 13.6. The number of ether oxygens (including phenoxy) is 2. The van der Waals surface area contributed by atoms with Gasteiger partial charge in [-0.2, -0.15) is 0 Å². The van der Waals surface area contributed by atoms with Gasteiger partial charge in [0.1, 0.15) is 11.6 Å². The zero-order chi connectivity index (χ0) is 13.8. The highest BCUT2D eigenvalue weighted by molar-refractivity contribution is 5.30. The second kappa shape index (κ2) is 6.16. The molecule has 0 aliphatic rings. The number of hydrogen-bond acceptors (Lipinski definition) is 3. The topological polar surface area (TPSA) is 44.5 Å². The van der Waals surface area contributed by atoms with Crippen molar-refractivity contribution in [3.8, 4) is 5.75 Å². The SMILES string of the molecule is COC(C)(C)CCOc1ccc(C(C)N)c(F)c1. The van der Waals surface area contributed by atoms with Crippen LogP contribution in [-0.4, -0.2) is 19.3 Å². The minimum atomic E-state index is -0.325. The van der Waals surface area contributed by atoms with Crippen LogP contribution in [0.2, 0.25) is 0 Å². The summed E-state index contributed by atoms with van der Waals surface area (Å²) in [6.07, 6.45) is 0.736. The Hall–Kier alpha value is -1.13. The van der Waals surface area contributed by atoms with Gasteiger partial charge in [-0.1, -0.05) is 6.07 Å². The first kappa shape index (κ1) is 14.9. The van der Waals surface area contributed by atoms with Gasteiger partial charge in [0.15, 0.2) is 0 Å². The number of benzene rings is 1. The molecule has 0 radical (unpaired) electrons. The number of rotatable bonds is 6. The number of methoxy groups -OCH3 is 1. The van der Waals surface area contributed by atoms with Gasteiger partial charge in [0.2, 0.25) is 0 Å². The van der Waals surface area contributed by atoms with E-state index in [1.54, 1.807) is 26.2 Å². The molecular formula is C14H22FNO2. The zero-order valence-corrected chi connectivity index (χ0v) is 11.5. The van der Waals surface area contributed by atoms with E-state index in [0.717, 1.165) is 6.42 Å². The number of halogens is 1. The molecule has 0 aliphatic heterocycles. The molecular weight excluding hydrogens is 233 g/mol. The van der Waals surface area contributed by atoms with Crippen LogP contribution in [0.4, 0.5) is 4.39 Å². The lowest BCUT2D eigenvalue weighted by Gasteiger charge is -2.22. The normalized spacial score (nSPS) is 13.4. The first-order valence-electron chi connectivity index (χ1n) is 6.09. The first-order valence-corrected chi connectivity index (χ1v) is 6.09. The van der Waals surface area contributed by atoms with Crippen LogP contribution >= 0.6 is 0 Å². The summed E-state index contributed by atoms with van der Waals surface area (Å²) in [6, 6.07) is 4.46. The second-order valence-corrected chi connectivity index (χ2v) is 5.03. The van der Waals surface area contributed by atoms with Gasteiger partial charge in [0.05, 0.1) is 12.2 Å². The Morgan fingerprint density at radius 2 is 2.06 bits per heavy atom. The minimum Gasteiger partial charge on any atom is -0.493 e. The predicted molar refractivity (Wildman–Crippen MR) is 70.2 cm³/mol. The second-order valence-electron chi connectivity index (χ2n) is 5.03. The van der Waals surface area contributed by atoms with Crippen molar-refractivity contribution in [2.45, 2.75) is 38.8 Å². The molecule has 2 N–H and O–H groups in total. The van der Waals surface area contributed by atoms with Crippen molar-refractivity contribution >= 4 is 0 Å². The summed E-state index contributed by atoms with van der Waals surface area (Å²) in [4.78, 5) is 0. The third-order valence-corrected chi connectivity index (χ3v) is 2.99. The quantitative estimate of drug-likeness (QED) is 0.849. The van der Waals surface area contributed by atoms with Gasteiger partial charge in [-0.3, -0.25) is 0 Å². The van der Waals surface area contributed by atoms with E-state index in [1.807, 2.05) is 13.8 Å². The van der Waals surface area contributed by atoms with Gasteiger partial charge in [-0.15, -0.1) is 0 Å². The highest BCUT2D eigenvalue weighted by atomic mass is 19.1. The molecule has 0 bridgehead atoms. The Morgan fingerprint density at radius 1 is 1.39 bits per heavy atom. The van der Waals surface area contributed by atoms with Crippen LogP contribution < -0.4 is 10.5 Å². The van der Waals surface area contributed by atoms with E-state index in [-0.39, 0.29) is 17.5 Å². The smallest absolute Gasteiger partial charge is 0.131 e. The molecule has 0 heterocycles. The monoisotopic (exact) mass is 255 g/mol. The Bertz CT molecular complexity index is 391. The van der Waals surface area contributed by atoms with Crippen LogP contribution in [0.3, 0.4) is 0 Å². The summed E-state index contributed by atoms with van der Waals surface area (Å²) in [5, 5.41) is 0. The molecule has 0 saturated carbocycles. The molecule has 0 amide bonds. The largest absolute Gasteiger partial charge is 0.493 e. The fraction of sp³-hybridized carbons (Fsp3) is 0.571. The molecule has 0 fully saturated rings. The summed E-state index contributed by atoms with van der Waals surface area (Å²) >= 11 is 0. The van der Waals surface area contributed by atoms with Gasteiger partial charge < -0.3 is 15.2 Å². The number of hydrogen-bond donors (Lipinski definition) is 1. The summed E-state index contributed by atoms with van der Waals surface area (Å²) in [5.41, 5.74) is 5.91. The molecule has 0 saturated heterocycles. The Balaban J connectivity index is 2.57. The van der Waals surface area contributed by atoms with Crippen molar-refractivity contribution in [2.24, 2.45) is 5.73 Å². The molecule has 4 heteroatoms. The predicted octanol–water partition coefficient (Wildman–Crippen LogP) is 3.04. The van der Waals surface area contributed by atoms with Gasteiger partial charge in [0, 0.05) is 31.2 Å². The average molecular weight is 255 g/mol. The standard InChI is InChI=1S/C14H22FNO2/c1-10(16)12-6-5-11(9-13(12)15)18-8-7-14(2,3)17-4/h5-6,9-10H,7-8,16H2,1-4H3. The van der Waals surface area contributed by atoms with E-state index in [9.17, 15) is 4.39 Å². The molecule has 1 aromatic carbocycles. The van der Waals surface area contributed by atoms with Crippen LogP contribution in [0.5, 0.6) is 5.75 Å². The molecule has 0 aromatic heterocycles. The highest BCUT2D eigenvalue weighted by Gasteiger charge is 2.16. The number of nitrogens with two attached hydrogens (primary N) is 1. The lowest BCUT2D eigenvalue weighted by molar-refractivity contribution is 0.00544. The maximum absolute atomic E-state index is 13.6. The fourth-order valence-electron chi connectivity index (χ4n) is 1.48. The van der Waals surface area contributed by atoms with Crippen molar-refractivity contribution in [1.29, 1.82) is 0 Å². The third-order valence-electron chi connectivity index (χ3n) is 2.99. The van der Waals surface area contributed by atoms with Crippen LogP contribution in [0, 0.1) is 5.82 Å². The molecule has 102 valence electrons. The molecule has 0 spiro atoms. The van der Waals surface area contributed by atoms with Gasteiger partial charge in [0.25, 0.3) is 0 Å². The van der Waals surface area contributed by atoms with Crippen LogP contribution in [0.25, 0.3) is 0 Å². The van der Waals surface area contributed by atoms with Crippen molar-refractivity contribution in [1.82, 2.24) is 0 Å². The third kappa shape index (κ3) is 4.27. The van der Waals surface area contributed by atoms with Crippen molar-refractivity contribution in [3.63, 3.8) is 0 Å². The zero-order valence-electron chi connectivity index (χ0n) is 11.5. The molecule has 18 heavy (non-hydrogen) atoms. The molecule has 1 aromatic rings. The average Bonchev–Trinajstić information content (AvgIpc) is 2.28. The summed E-state index contributed by atoms with van der Waals surface area (Å²) in [5.74, 6) is 0.192. The Labute approximate surface area is 108 Å². The first-order chi connectivity index (χ1) is 8.35. The fourth-order valence-corrected chi connectivity index (χ4v) is 1.48. The summed E-state index contributed by atoms with van der Waals surface area (Å²) in [6.45, 7) is 6.20. The maximum Gasteiger partial charge on any atom is 0.131 e. The van der Waals surface area contributed by atoms with Crippen LogP contribution in [0.15, 0.2) is 18.2 Å². The van der Waals surface area contributed by atoms with Crippen molar-refractivity contribution in [2.75, 3.05) is 13.7 Å². The lowest BCUT2D eigenvalue weighted by atomic mass is 10.1. The molecule has 1 unspecified atom stereocenters. The van der Waals surface area contributed by atoms with Crippen molar-refractivity contribution in [3.05, 3.63) is 29.6 Å². The van der Waals surface area contributed by atoms with Gasteiger partial charge >= 0.3 is 0 Å². The summed E-state index contributed by atoms with van der Waals surface area (Å²) < 4.78 is 24.4.